The topological polar surface area (TPSA) is 23.6 Å². The zero-order chi connectivity index (χ0) is 20.5. The number of likely N-dealkylation sites (tertiary alicyclic amines) is 2. The van der Waals surface area contributed by atoms with Crippen molar-refractivity contribution in [2.24, 2.45) is 5.41 Å². The third-order valence-electron chi connectivity index (χ3n) is 5.90. The molecule has 156 valence electrons. The van der Waals surface area contributed by atoms with Crippen molar-refractivity contribution >= 4 is 5.91 Å². The molecule has 0 bridgehead atoms. The van der Waals surface area contributed by atoms with Crippen LogP contribution in [-0.2, 0) is 17.4 Å². The summed E-state index contributed by atoms with van der Waals surface area (Å²) in [6.07, 6.45) is -2.83. The second kappa shape index (κ2) is 8.01. The van der Waals surface area contributed by atoms with Crippen molar-refractivity contribution < 1.29 is 22.4 Å². The maximum absolute atomic E-state index is 13.5. The highest BCUT2D eigenvalue weighted by Crippen LogP contribution is 2.35. The average molecular weight is 400 g/mol. The number of halogens is 4. The van der Waals surface area contributed by atoms with Gasteiger partial charge in [-0.1, -0.05) is 26.0 Å². The van der Waals surface area contributed by atoms with Crippen LogP contribution >= 0.6 is 0 Å². The van der Waals surface area contributed by atoms with Gasteiger partial charge in [-0.25, -0.2) is 4.39 Å². The maximum Gasteiger partial charge on any atom is 0.416 e. The molecule has 2 atom stereocenters. The minimum absolute atomic E-state index is 0.0102. The van der Waals surface area contributed by atoms with Crippen LogP contribution in [0.1, 0.15) is 44.2 Å². The molecule has 0 spiro atoms. The molecule has 2 aliphatic heterocycles. The summed E-state index contributed by atoms with van der Waals surface area (Å²) in [6, 6.07) is 4.79. The first kappa shape index (κ1) is 21.1. The molecule has 0 aromatic heterocycles. The Kier molecular flexibility index (Phi) is 6.03. The van der Waals surface area contributed by atoms with E-state index in [-0.39, 0.29) is 23.8 Å². The Morgan fingerprint density at radius 2 is 1.86 bits per heavy atom. The molecule has 3 nitrogen and oxygen atoms in total. The van der Waals surface area contributed by atoms with Crippen molar-refractivity contribution in [3.05, 3.63) is 35.4 Å². The third kappa shape index (κ3) is 5.25. The molecule has 0 saturated carbocycles. The minimum Gasteiger partial charge on any atom is -0.338 e. The van der Waals surface area contributed by atoms with Gasteiger partial charge in [0, 0.05) is 32.2 Å². The predicted octanol–water partition coefficient (Wildman–Crippen LogP) is 4.31. The Bertz CT molecular complexity index is 687. The average Bonchev–Trinajstić information content (AvgIpc) is 2.98. The number of rotatable bonds is 4. The summed E-state index contributed by atoms with van der Waals surface area (Å²) in [5.41, 5.74) is -0.0207. The number of alkyl halides is 4. The molecule has 2 unspecified atom stereocenters. The molecule has 2 saturated heterocycles. The summed E-state index contributed by atoms with van der Waals surface area (Å²) >= 11 is 0. The molecule has 1 aromatic carbocycles. The van der Waals surface area contributed by atoms with E-state index < -0.39 is 17.9 Å². The second-order valence-electron chi connectivity index (χ2n) is 8.88. The maximum atomic E-state index is 13.5. The Hall–Kier alpha value is -1.63. The SMILES string of the molecule is CC1(C)CCN(C(=O)Cc2ccc(C(F)(F)F)cc2)C(CN2CCC(F)C2)C1. The van der Waals surface area contributed by atoms with Crippen LogP contribution in [-0.4, -0.2) is 54.1 Å². The lowest BCUT2D eigenvalue weighted by Gasteiger charge is -2.45. The normalized spacial score (nSPS) is 25.9. The van der Waals surface area contributed by atoms with Crippen LogP contribution in [0.3, 0.4) is 0 Å². The van der Waals surface area contributed by atoms with Crippen LogP contribution in [0.5, 0.6) is 0 Å². The highest BCUT2D eigenvalue weighted by molar-refractivity contribution is 5.79. The number of hydrogen-bond donors (Lipinski definition) is 0. The van der Waals surface area contributed by atoms with E-state index in [1.54, 1.807) is 0 Å². The smallest absolute Gasteiger partial charge is 0.338 e. The lowest BCUT2D eigenvalue weighted by molar-refractivity contribution is -0.137. The van der Waals surface area contributed by atoms with Crippen LogP contribution < -0.4 is 0 Å². The van der Waals surface area contributed by atoms with Gasteiger partial charge in [0.1, 0.15) is 6.17 Å². The summed E-state index contributed by atoms with van der Waals surface area (Å²) in [5.74, 6) is -0.0729. The summed E-state index contributed by atoms with van der Waals surface area (Å²) < 4.78 is 51.7. The van der Waals surface area contributed by atoms with Crippen LogP contribution in [0.4, 0.5) is 17.6 Å². The number of piperidine rings is 1. The van der Waals surface area contributed by atoms with Gasteiger partial charge in [0.05, 0.1) is 12.0 Å². The number of nitrogens with zero attached hydrogens (tertiary/aromatic N) is 2. The van der Waals surface area contributed by atoms with Gasteiger partial charge >= 0.3 is 6.18 Å². The van der Waals surface area contributed by atoms with Crippen LogP contribution in [0.15, 0.2) is 24.3 Å². The van der Waals surface area contributed by atoms with Gasteiger partial charge in [-0.3, -0.25) is 9.69 Å². The highest BCUT2D eigenvalue weighted by atomic mass is 19.4. The fraction of sp³-hybridized carbons (Fsp3) is 0.667. The molecule has 0 aliphatic carbocycles. The van der Waals surface area contributed by atoms with E-state index >= 15 is 0 Å². The van der Waals surface area contributed by atoms with Crippen LogP contribution in [0, 0.1) is 5.41 Å². The van der Waals surface area contributed by atoms with E-state index in [1.807, 2.05) is 4.90 Å². The molecule has 3 rings (SSSR count). The number of amides is 1. The Morgan fingerprint density at radius 3 is 2.43 bits per heavy atom. The predicted molar refractivity (Wildman–Crippen MR) is 99.6 cm³/mol. The number of carbonyl (C=O) groups is 1. The largest absolute Gasteiger partial charge is 0.416 e. The highest BCUT2D eigenvalue weighted by Gasteiger charge is 2.37. The molecular weight excluding hydrogens is 372 g/mol. The van der Waals surface area contributed by atoms with E-state index in [2.05, 4.69) is 18.7 Å². The van der Waals surface area contributed by atoms with Crippen molar-refractivity contribution in [3.8, 4) is 0 Å². The second-order valence-corrected chi connectivity index (χ2v) is 8.88. The van der Waals surface area contributed by atoms with Crippen LogP contribution in [0.25, 0.3) is 0 Å². The molecule has 28 heavy (non-hydrogen) atoms. The van der Waals surface area contributed by atoms with Crippen molar-refractivity contribution in [3.63, 3.8) is 0 Å². The van der Waals surface area contributed by atoms with Gasteiger partial charge < -0.3 is 4.90 Å². The molecule has 7 heteroatoms. The lowest BCUT2D eigenvalue weighted by Crippen LogP contribution is -2.53. The van der Waals surface area contributed by atoms with Crippen molar-refractivity contribution in [1.82, 2.24) is 9.80 Å². The van der Waals surface area contributed by atoms with Crippen molar-refractivity contribution in [1.29, 1.82) is 0 Å². The first-order chi connectivity index (χ1) is 13.0. The first-order valence-corrected chi connectivity index (χ1v) is 9.85. The van der Waals surface area contributed by atoms with Gasteiger partial charge in [-0.05, 0) is 42.4 Å². The van der Waals surface area contributed by atoms with Gasteiger partial charge in [0.25, 0.3) is 0 Å². The number of hydrogen-bond acceptors (Lipinski definition) is 2. The molecule has 2 aliphatic rings. The molecule has 0 radical (unpaired) electrons. The van der Waals surface area contributed by atoms with E-state index in [4.69, 9.17) is 0 Å². The van der Waals surface area contributed by atoms with Crippen molar-refractivity contribution in [2.45, 2.75) is 57.9 Å². The monoisotopic (exact) mass is 400 g/mol. The van der Waals surface area contributed by atoms with Gasteiger partial charge in [-0.2, -0.15) is 13.2 Å². The lowest BCUT2D eigenvalue weighted by atomic mass is 9.78. The standard InChI is InChI=1S/C21H28F4N2O/c1-20(2)8-10-27(18(12-20)14-26-9-7-17(22)13-26)19(28)11-15-3-5-16(6-4-15)21(23,24)25/h3-6,17-18H,7-14H2,1-2H3. The third-order valence-corrected chi connectivity index (χ3v) is 5.90. The zero-order valence-corrected chi connectivity index (χ0v) is 16.4. The summed E-state index contributed by atoms with van der Waals surface area (Å²) in [5, 5.41) is 0. The molecule has 1 amide bonds. The Labute approximate surface area is 163 Å². The minimum atomic E-state index is -4.38. The van der Waals surface area contributed by atoms with Gasteiger partial charge in [0.2, 0.25) is 5.91 Å². The van der Waals surface area contributed by atoms with Crippen LogP contribution in [0.2, 0.25) is 0 Å². The van der Waals surface area contributed by atoms with Gasteiger partial charge in [0.15, 0.2) is 0 Å². The molecule has 0 N–H and O–H groups in total. The molecule has 1 aromatic rings. The quantitative estimate of drug-likeness (QED) is 0.704. The van der Waals surface area contributed by atoms with E-state index in [9.17, 15) is 22.4 Å². The summed E-state index contributed by atoms with van der Waals surface area (Å²) in [6.45, 7) is 6.77. The van der Waals surface area contributed by atoms with Gasteiger partial charge in [-0.15, -0.1) is 0 Å². The fourth-order valence-corrected chi connectivity index (χ4v) is 4.28. The molecular formula is C21H28F4N2O. The van der Waals surface area contributed by atoms with E-state index in [0.717, 1.165) is 25.0 Å². The first-order valence-electron chi connectivity index (χ1n) is 9.85. The zero-order valence-electron chi connectivity index (χ0n) is 16.4. The van der Waals surface area contributed by atoms with E-state index in [1.165, 1.54) is 12.1 Å². The summed E-state index contributed by atoms with van der Waals surface area (Å²) in [4.78, 5) is 16.9. The van der Waals surface area contributed by atoms with Crippen molar-refractivity contribution in [2.75, 3.05) is 26.2 Å². The number of carbonyl (C=O) groups excluding carboxylic acids is 1. The molecule has 2 fully saturated rings. The Morgan fingerprint density at radius 1 is 1.18 bits per heavy atom. The molecule has 2 heterocycles. The number of benzene rings is 1. The fourth-order valence-electron chi connectivity index (χ4n) is 4.28. The summed E-state index contributed by atoms with van der Waals surface area (Å²) in [7, 11) is 0. The Balaban J connectivity index is 1.67. The van der Waals surface area contributed by atoms with E-state index in [0.29, 0.717) is 38.2 Å².